The second-order valence-corrected chi connectivity index (χ2v) is 8.43. The third-order valence-corrected chi connectivity index (χ3v) is 6.02. The van der Waals surface area contributed by atoms with E-state index in [9.17, 15) is 13.6 Å². The number of anilines is 2. The highest BCUT2D eigenvalue weighted by Crippen LogP contribution is 2.41. The molecule has 2 heterocycles. The fraction of sp³-hybridized carbons (Fsp3) is 0.292. The summed E-state index contributed by atoms with van der Waals surface area (Å²) in [7, 11) is 0. The van der Waals surface area contributed by atoms with Crippen molar-refractivity contribution in [3.63, 3.8) is 0 Å². The predicted octanol–water partition coefficient (Wildman–Crippen LogP) is 3.79. The Labute approximate surface area is 189 Å². The summed E-state index contributed by atoms with van der Waals surface area (Å²) < 4.78 is 35.1. The van der Waals surface area contributed by atoms with E-state index in [1.165, 1.54) is 30.6 Å². The van der Waals surface area contributed by atoms with Crippen molar-refractivity contribution in [1.29, 1.82) is 0 Å². The van der Waals surface area contributed by atoms with Crippen LogP contribution in [0.5, 0.6) is 5.75 Å². The molecule has 2 fully saturated rings. The van der Waals surface area contributed by atoms with Crippen LogP contribution in [0.15, 0.2) is 36.7 Å². The van der Waals surface area contributed by atoms with Gasteiger partial charge in [0, 0.05) is 24.3 Å². The maximum absolute atomic E-state index is 14.6. The number of nitrogen functional groups attached to an aromatic ring is 1. The van der Waals surface area contributed by atoms with Crippen LogP contribution in [0.25, 0.3) is 11.3 Å². The van der Waals surface area contributed by atoms with Crippen LogP contribution < -0.4 is 21.1 Å². The normalized spacial score (nSPS) is 15.7. The van der Waals surface area contributed by atoms with Gasteiger partial charge in [-0.15, -0.1) is 0 Å². The average molecular weight is 451 g/mol. The second-order valence-electron chi connectivity index (χ2n) is 8.43. The van der Waals surface area contributed by atoms with Gasteiger partial charge in [0.15, 0.2) is 11.6 Å². The Morgan fingerprint density at radius 2 is 1.97 bits per heavy atom. The molecule has 33 heavy (non-hydrogen) atoms. The molecule has 1 aliphatic heterocycles. The minimum Gasteiger partial charge on any atom is -0.482 e. The molecule has 2 aromatic carbocycles. The molecule has 1 aromatic heterocycles. The number of benzene rings is 2. The zero-order valence-corrected chi connectivity index (χ0v) is 18.0. The van der Waals surface area contributed by atoms with E-state index in [0.717, 1.165) is 18.4 Å². The topological polar surface area (TPSA) is 102 Å². The zero-order chi connectivity index (χ0) is 23.1. The van der Waals surface area contributed by atoms with Crippen molar-refractivity contribution in [3.8, 4) is 17.0 Å². The molecule has 9 heteroatoms. The Hall–Kier alpha value is -3.59. The number of hydrogen-bond donors (Lipinski definition) is 3. The largest absolute Gasteiger partial charge is 0.482 e. The zero-order valence-electron chi connectivity index (χ0n) is 18.0. The average Bonchev–Trinajstić information content (AvgIpc) is 3.59. The van der Waals surface area contributed by atoms with Crippen LogP contribution in [0.4, 0.5) is 20.3 Å². The van der Waals surface area contributed by atoms with Crippen LogP contribution in [-0.2, 0) is 0 Å². The lowest BCUT2D eigenvalue weighted by Gasteiger charge is -2.29. The van der Waals surface area contributed by atoms with E-state index in [4.69, 9.17) is 10.5 Å². The monoisotopic (exact) mass is 451 g/mol. The van der Waals surface area contributed by atoms with Gasteiger partial charge < -0.3 is 21.1 Å². The SMILES string of the molecule is Cc1c(NC(=O)c2ccc(C3CC3)cc2F)cc(F)cc1-c1ncnc(N)c1OC1CNC1. The van der Waals surface area contributed by atoms with Crippen molar-refractivity contribution in [2.45, 2.75) is 31.8 Å². The summed E-state index contributed by atoms with van der Waals surface area (Å²) in [5.74, 6) is -1.08. The molecule has 3 aromatic rings. The highest BCUT2D eigenvalue weighted by Gasteiger charge is 2.26. The summed E-state index contributed by atoms with van der Waals surface area (Å²) in [5.41, 5.74) is 8.27. The minimum absolute atomic E-state index is 0.0910. The number of nitrogens with zero attached hydrogens (tertiary/aromatic N) is 2. The van der Waals surface area contributed by atoms with Gasteiger partial charge in [-0.25, -0.2) is 18.7 Å². The van der Waals surface area contributed by atoms with E-state index in [1.807, 2.05) is 0 Å². The maximum atomic E-state index is 14.6. The van der Waals surface area contributed by atoms with Crippen LogP contribution in [0.2, 0.25) is 0 Å². The maximum Gasteiger partial charge on any atom is 0.258 e. The van der Waals surface area contributed by atoms with Gasteiger partial charge in [0.1, 0.15) is 29.8 Å². The van der Waals surface area contributed by atoms with Gasteiger partial charge >= 0.3 is 0 Å². The number of rotatable bonds is 6. The number of carbonyl (C=O) groups excluding carboxylic acids is 1. The summed E-state index contributed by atoms with van der Waals surface area (Å²) in [6.07, 6.45) is 3.25. The Morgan fingerprint density at radius 1 is 1.18 bits per heavy atom. The van der Waals surface area contributed by atoms with Gasteiger partial charge in [-0.1, -0.05) is 6.07 Å². The summed E-state index contributed by atoms with van der Waals surface area (Å²) in [6, 6.07) is 7.12. The summed E-state index contributed by atoms with van der Waals surface area (Å²) in [6.45, 7) is 3.02. The van der Waals surface area contributed by atoms with E-state index >= 15 is 0 Å². The first-order valence-electron chi connectivity index (χ1n) is 10.8. The van der Waals surface area contributed by atoms with E-state index in [0.29, 0.717) is 35.8 Å². The molecule has 0 radical (unpaired) electrons. The molecule has 1 aliphatic carbocycles. The molecule has 1 amide bonds. The van der Waals surface area contributed by atoms with E-state index < -0.39 is 17.5 Å². The minimum atomic E-state index is -0.659. The highest BCUT2D eigenvalue weighted by molar-refractivity contribution is 6.05. The Bertz CT molecular complexity index is 1240. The second kappa shape index (κ2) is 8.40. The van der Waals surface area contributed by atoms with Gasteiger partial charge in [-0.05, 0) is 61.1 Å². The molecule has 1 saturated heterocycles. The van der Waals surface area contributed by atoms with Crippen molar-refractivity contribution in [2.24, 2.45) is 0 Å². The predicted molar refractivity (Wildman–Crippen MR) is 120 cm³/mol. The molecule has 170 valence electrons. The molecular weight excluding hydrogens is 428 g/mol. The van der Waals surface area contributed by atoms with Gasteiger partial charge in [0.2, 0.25) is 0 Å². The first kappa shape index (κ1) is 21.3. The molecular formula is C24H23F2N5O2. The molecule has 4 N–H and O–H groups in total. The molecule has 0 unspecified atom stereocenters. The quantitative estimate of drug-likeness (QED) is 0.527. The molecule has 5 rings (SSSR count). The van der Waals surface area contributed by atoms with E-state index in [2.05, 4.69) is 20.6 Å². The van der Waals surface area contributed by atoms with Crippen molar-refractivity contribution >= 4 is 17.4 Å². The fourth-order valence-corrected chi connectivity index (χ4v) is 3.84. The lowest BCUT2D eigenvalue weighted by Crippen LogP contribution is -2.50. The number of aromatic nitrogens is 2. The Morgan fingerprint density at radius 3 is 2.64 bits per heavy atom. The number of amides is 1. The number of nitrogens with one attached hydrogen (secondary N) is 2. The third-order valence-electron chi connectivity index (χ3n) is 6.02. The van der Waals surface area contributed by atoms with Crippen molar-refractivity contribution in [2.75, 3.05) is 24.1 Å². The van der Waals surface area contributed by atoms with Crippen LogP contribution in [0, 0.1) is 18.6 Å². The van der Waals surface area contributed by atoms with E-state index in [1.54, 1.807) is 13.0 Å². The number of ether oxygens (including phenoxy) is 1. The smallest absolute Gasteiger partial charge is 0.258 e. The number of halogens is 2. The van der Waals surface area contributed by atoms with Gasteiger partial charge in [0.05, 0.1) is 5.56 Å². The van der Waals surface area contributed by atoms with Crippen LogP contribution in [-0.4, -0.2) is 35.1 Å². The Balaban J connectivity index is 1.47. The summed E-state index contributed by atoms with van der Waals surface area (Å²) >= 11 is 0. The first-order valence-corrected chi connectivity index (χ1v) is 10.8. The molecule has 0 bridgehead atoms. The molecule has 2 aliphatic rings. The summed E-state index contributed by atoms with van der Waals surface area (Å²) in [5, 5.41) is 5.74. The van der Waals surface area contributed by atoms with Crippen molar-refractivity contribution in [1.82, 2.24) is 15.3 Å². The van der Waals surface area contributed by atoms with Gasteiger partial charge in [-0.2, -0.15) is 0 Å². The molecule has 0 atom stereocenters. The lowest BCUT2D eigenvalue weighted by molar-refractivity contribution is 0.102. The van der Waals surface area contributed by atoms with Gasteiger partial charge in [-0.3, -0.25) is 4.79 Å². The molecule has 0 spiro atoms. The van der Waals surface area contributed by atoms with Crippen LogP contribution in [0.1, 0.15) is 40.2 Å². The lowest BCUT2D eigenvalue weighted by atomic mass is 10.0. The van der Waals surface area contributed by atoms with E-state index in [-0.39, 0.29) is 28.9 Å². The molecule has 1 saturated carbocycles. The Kier molecular flexibility index (Phi) is 5.41. The summed E-state index contributed by atoms with van der Waals surface area (Å²) in [4.78, 5) is 21.1. The standard InChI is InChI=1S/C24H23F2N5O2/c1-12-18(21-22(23(27)30-11-29-21)33-16-9-28-10-16)7-15(25)8-20(12)31-24(32)17-5-4-14(6-19(17)26)13-2-3-13/h4-8,11,13,16,28H,2-3,9-10H2,1H3,(H,31,32)(H2,27,29,30). The van der Waals surface area contributed by atoms with Crippen LogP contribution >= 0.6 is 0 Å². The third kappa shape index (κ3) is 4.23. The van der Waals surface area contributed by atoms with Crippen molar-refractivity contribution in [3.05, 3.63) is 65.0 Å². The van der Waals surface area contributed by atoms with Crippen LogP contribution in [0.3, 0.4) is 0 Å². The highest BCUT2D eigenvalue weighted by atomic mass is 19.1. The number of carbonyl (C=O) groups is 1. The number of nitrogens with two attached hydrogens (primary N) is 1. The first-order chi connectivity index (χ1) is 15.9. The molecule has 7 nitrogen and oxygen atoms in total. The fourth-order valence-electron chi connectivity index (χ4n) is 3.84. The number of hydrogen-bond acceptors (Lipinski definition) is 6. The van der Waals surface area contributed by atoms with Gasteiger partial charge in [0.25, 0.3) is 5.91 Å². The van der Waals surface area contributed by atoms with Crippen molar-refractivity contribution < 1.29 is 18.3 Å².